The Labute approximate surface area is 112 Å². The molecule has 2 heteroatoms. The van der Waals surface area contributed by atoms with Crippen LogP contribution in [0.1, 0.15) is 43.0 Å². The van der Waals surface area contributed by atoms with Gasteiger partial charge < -0.3 is 10.1 Å². The summed E-state index contributed by atoms with van der Waals surface area (Å²) in [7, 11) is 1.75. The van der Waals surface area contributed by atoms with E-state index >= 15 is 0 Å². The third kappa shape index (κ3) is 3.49. The highest BCUT2D eigenvalue weighted by atomic mass is 16.5. The third-order valence-electron chi connectivity index (χ3n) is 3.48. The van der Waals surface area contributed by atoms with Crippen LogP contribution < -0.4 is 10.1 Å². The lowest BCUT2D eigenvalue weighted by atomic mass is 9.94. The highest BCUT2D eigenvalue weighted by molar-refractivity contribution is 5.49. The summed E-state index contributed by atoms with van der Waals surface area (Å²) in [4.78, 5) is 0. The number of methoxy groups -OCH3 is 1. The lowest BCUT2D eigenvalue weighted by molar-refractivity contribution is 0.407. The molecule has 0 aliphatic rings. The lowest BCUT2D eigenvalue weighted by Gasteiger charge is -2.20. The van der Waals surface area contributed by atoms with Gasteiger partial charge in [0.15, 0.2) is 0 Å². The van der Waals surface area contributed by atoms with Crippen LogP contribution in [0.3, 0.4) is 0 Å². The van der Waals surface area contributed by atoms with Crippen molar-refractivity contribution in [2.45, 2.75) is 60.0 Å². The summed E-state index contributed by atoms with van der Waals surface area (Å²) in [6.45, 7) is 13.1. The van der Waals surface area contributed by atoms with Crippen molar-refractivity contribution in [1.82, 2.24) is 5.32 Å². The molecule has 1 aromatic carbocycles. The van der Waals surface area contributed by atoms with E-state index in [0.717, 1.165) is 12.2 Å². The zero-order valence-electron chi connectivity index (χ0n) is 12.8. The van der Waals surface area contributed by atoms with E-state index in [-0.39, 0.29) is 0 Å². The van der Waals surface area contributed by atoms with E-state index < -0.39 is 0 Å². The molecule has 0 aromatic heterocycles. The number of rotatable bonds is 5. The molecular weight excluding hydrogens is 222 g/mol. The Bertz CT molecular complexity index is 410. The molecule has 0 aliphatic heterocycles. The first kappa shape index (κ1) is 15.0. The molecule has 0 aliphatic carbocycles. The van der Waals surface area contributed by atoms with E-state index in [1.807, 2.05) is 0 Å². The number of hydrogen-bond acceptors (Lipinski definition) is 2. The molecule has 0 amide bonds. The van der Waals surface area contributed by atoms with Crippen molar-refractivity contribution in [2.75, 3.05) is 7.11 Å². The largest absolute Gasteiger partial charge is 0.496 e. The molecule has 0 radical (unpaired) electrons. The number of nitrogens with one attached hydrogen (secondary N) is 1. The highest BCUT2D eigenvalue weighted by Crippen LogP contribution is 2.29. The van der Waals surface area contributed by atoms with Crippen molar-refractivity contribution in [1.29, 1.82) is 0 Å². The van der Waals surface area contributed by atoms with Gasteiger partial charge in [0.2, 0.25) is 0 Å². The second kappa shape index (κ2) is 6.24. The zero-order valence-corrected chi connectivity index (χ0v) is 12.8. The summed E-state index contributed by atoms with van der Waals surface area (Å²) in [5, 5.41) is 3.55. The average molecular weight is 249 g/mol. The normalized spacial score (nSPS) is 12.9. The smallest absolute Gasteiger partial charge is 0.124 e. The SMILES string of the molecule is COc1c(C)cc(CC(C)NC(C)C)c(C)c1C. The molecule has 0 spiro atoms. The molecule has 1 N–H and O–H groups in total. The fourth-order valence-electron chi connectivity index (χ4n) is 2.63. The van der Waals surface area contributed by atoms with Gasteiger partial charge in [-0.05, 0) is 56.4 Å². The minimum atomic E-state index is 0.496. The Kier molecular flexibility index (Phi) is 5.21. The summed E-state index contributed by atoms with van der Waals surface area (Å²) >= 11 is 0. The van der Waals surface area contributed by atoms with Crippen molar-refractivity contribution >= 4 is 0 Å². The van der Waals surface area contributed by atoms with E-state index in [4.69, 9.17) is 4.74 Å². The quantitative estimate of drug-likeness (QED) is 0.861. The minimum absolute atomic E-state index is 0.496. The Morgan fingerprint density at radius 3 is 2.22 bits per heavy atom. The van der Waals surface area contributed by atoms with Gasteiger partial charge in [-0.3, -0.25) is 0 Å². The third-order valence-corrected chi connectivity index (χ3v) is 3.48. The van der Waals surface area contributed by atoms with Crippen LogP contribution in [0.15, 0.2) is 6.07 Å². The van der Waals surface area contributed by atoms with Gasteiger partial charge in [0.25, 0.3) is 0 Å². The van der Waals surface area contributed by atoms with E-state index in [2.05, 4.69) is 52.9 Å². The number of aryl methyl sites for hydroxylation is 1. The van der Waals surface area contributed by atoms with Crippen molar-refractivity contribution in [3.63, 3.8) is 0 Å². The van der Waals surface area contributed by atoms with E-state index in [9.17, 15) is 0 Å². The van der Waals surface area contributed by atoms with Crippen LogP contribution in [0, 0.1) is 20.8 Å². The van der Waals surface area contributed by atoms with Gasteiger partial charge >= 0.3 is 0 Å². The predicted octanol–water partition coefficient (Wildman–Crippen LogP) is 3.55. The average Bonchev–Trinajstić information content (AvgIpc) is 2.25. The molecule has 0 heterocycles. The van der Waals surface area contributed by atoms with Crippen LogP contribution in [0.2, 0.25) is 0 Å². The number of ether oxygens (including phenoxy) is 1. The molecule has 1 rings (SSSR count). The first-order valence-electron chi connectivity index (χ1n) is 6.76. The molecule has 0 fully saturated rings. The van der Waals surface area contributed by atoms with E-state index in [1.54, 1.807) is 7.11 Å². The number of hydrogen-bond donors (Lipinski definition) is 1. The molecule has 0 saturated carbocycles. The second-order valence-electron chi connectivity index (χ2n) is 5.56. The molecule has 1 atom stereocenters. The van der Waals surface area contributed by atoms with Crippen LogP contribution in [0.4, 0.5) is 0 Å². The molecule has 2 nitrogen and oxygen atoms in total. The molecule has 1 unspecified atom stereocenters. The minimum Gasteiger partial charge on any atom is -0.496 e. The maximum Gasteiger partial charge on any atom is 0.124 e. The standard InChI is InChI=1S/C16H27NO/c1-10(2)17-12(4)9-15-8-11(3)16(18-7)14(6)13(15)5/h8,10,12,17H,9H2,1-7H3. The molecule has 18 heavy (non-hydrogen) atoms. The summed E-state index contributed by atoms with van der Waals surface area (Å²) in [5.41, 5.74) is 5.28. The Balaban J connectivity index is 2.97. The highest BCUT2D eigenvalue weighted by Gasteiger charge is 2.13. The van der Waals surface area contributed by atoms with Crippen LogP contribution in [-0.4, -0.2) is 19.2 Å². The van der Waals surface area contributed by atoms with Gasteiger partial charge in [-0.25, -0.2) is 0 Å². The number of benzene rings is 1. The summed E-state index contributed by atoms with van der Waals surface area (Å²) in [5.74, 6) is 1.03. The maximum atomic E-state index is 5.47. The van der Waals surface area contributed by atoms with Crippen LogP contribution in [0.25, 0.3) is 0 Å². The van der Waals surface area contributed by atoms with Gasteiger partial charge in [-0.1, -0.05) is 19.9 Å². The second-order valence-corrected chi connectivity index (χ2v) is 5.56. The van der Waals surface area contributed by atoms with E-state index in [1.165, 1.54) is 22.3 Å². The maximum absolute atomic E-state index is 5.47. The Morgan fingerprint density at radius 2 is 1.72 bits per heavy atom. The van der Waals surface area contributed by atoms with Gasteiger partial charge in [-0.15, -0.1) is 0 Å². The van der Waals surface area contributed by atoms with Gasteiger partial charge in [-0.2, -0.15) is 0 Å². The predicted molar refractivity (Wildman–Crippen MR) is 78.6 cm³/mol. The lowest BCUT2D eigenvalue weighted by Crippen LogP contribution is -2.34. The zero-order chi connectivity index (χ0) is 13.9. The van der Waals surface area contributed by atoms with Crippen molar-refractivity contribution in [3.8, 4) is 5.75 Å². The first-order chi connectivity index (χ1) is 8.36. The summed E-state index contributed by atoms with van der Waals surface area (Å²) in [6.07, 6.45) is 1.07. The van der Waals surface area contributed by atoms with Crippen molar-refractivity contribution in [2.24, 2.45) is 0 Å². The summed E-state index contributed by atoms with van der Waals surface area (Å²) < 4.78 is 5.47. The Hall–Kier alpha value is -1.02. The molecule has 1 aromatic rings. The van der Waals surface area contributed by atoms with Crippen LogP contribution in [0.5, 0.6) is 5.75 Å². The fraction of sp³-hybridized carbons (Fsp3) is 0.625. The van der Waals surface area contributed by atoms with Gasteiger partial charge in [0.05, 0.1) is 7.11 Å². The topological polar surface area (TPSA) is 21.3 Å². The van der Waals surface area contributed by atoms with E-state index in [0.29, 0.717) is 12.1 Å². The summed E-state index contributed by atoms with van der Waals surface area (Å²) in [6, 6.07) is 3.29. The fourth-order valence-corrected chi connectivity index (χ4v) is 2.63. The van der Waals surface area contributed by atoms with Crippen LogP contribution in [-0.2, 0) is 6.42 Å². The Morgan fingerprint density at radius 1 is 1.11 bits per heavy atom. The molecule has 0 saturated heterocycles. The molecule has 102 valence electrons. The van der Waals surface area contributed by atoms with Gasteiger partial charge in [0.1, 0.15) is 5.75 Å². The molecule has 0 bridgehead atoms. The molecular formula is C16H27NO. The monoisotopic (exact) mass is 249 g/mol. The van der Waals surface area contributed by atoms with Gasteiger partial charge in [0, 0.05) is 12.1 Å². The first-order valence-corrected chi connectivity index (χ1v) is 6.76. The van der Waals surface area contributed by atoms with Crippen molar-refractivity contribution in [3.05, 3.63) is 28.3 Å². The van der Waals surface area contributed by atoms with Crippen molar-refractivity contribution < 1.29 is 4.74 Å². The van der Waals surface area contributed by atoms with Crippen LogP contribution >= 0.6 is 0 Å².